The van der Waals surface area contributed by atoms with Crippen LogP contribution in [0.4, 0.5) is 11.5 Å². The smallest absolute Gasteiger partial charge is 0.337 e. The first-order valence-corrected chi connectivity index (χ1v) is 9.13. The molecule has 29 heavy (non-hydrogen) atoms. The lowest BCUT2D eigenvalue weighted by atomic mass is 10.1. The number of nitrogens with zero attached hydrogens (tertiary/aromatic N) is 2. The molecule has 3 rings (SSSR count). The highest BCUT2D eigenvalue weighted by molar-refractivity contribution is 6.03. The van der Waals surface area contributed by atoms with Crippen LogP contribution < -0.4 is 10.6 Å². The Morgan fingerprint density at radius 3 is 2.34 bits per heavy atom. The van der Waals surface area contributed by atoms with Gasteiger partial charge in [0, 0.05) is 17.8 Å². The predicted molar refractivity (Wildman–Crippen MR) is 111 cm³/mol. The van der Waals surface area contributed by atoms with E-state index in [0.29, 0.717) is 22.9 Å². The second-order valence-electron chi connectivity index (χ2n) is 6.49. The molecule has 0 radical (unpaired) electrons. The largest absolute Gasteiger partial charge is 0.465 e. The normalized spacial score (nSPS) is 11.4. The zero-order valence-electron chi connectivity index (χ0n) is 16.5. The molecule has 0 fully saturated rings. The lowest BCUT2D eigenvalue weighted by Gasteiger charge is -2.16. The molecular weight excluding hydrogens is 368 g/mol. The number of amides is 1. The van der Waals surface area contributed by atoms with E-state index in [-0.39, 0.29) is 17.6 Å². The molecule has 1 unspecified atom stereocenters. The molecule has 2 aromatic carbocycles. The number of nitrogens with one attached hydrogen (secondary N) is 2. The molecule has 1 amide bonds. The zero-order chi connectivity index (χ0) is 20.8. The second-order valence-corrected chi connectivity index (χ2v) is 6.49. The van der Waals surface area contributed by atoms with Crippen molar-refractivity contribution in [2.45, 2.75) is 19.9 Å². The first kappa shape index (κ1) is 20.0. The molecule has 0 saturated heterocycles. The lowest BCUT2D eigenvalue weighted by Crippen LogP contribution is -2.16. The van der Waals surface area contributed by atoms with Crippen LogP contribution >= 0.6 is 0 Å². The molecule has 1 heterocycles. The van der Waals surface area contributed by atoms with Crippen LogP contribution in [0.15, 0.2) is 60.7 Å². The Labute approximate surface area is 169 Å². The van der Waals surface area contributed by atoms with Crippen LogP contribution in [0.5, 0.6) is 0 Å². The van der Waals surface area contributed by atoms with Crippen LogP contribution in [0.25, 0.3) is 0 Å². The number of carbonyl (C=O) groups excluding carboxylic acids is 2. The van der Waals surface area contributed by atoms with Crippen molar-refractivity contribution in [3.05, 3.63) is 83.3 Å². The van der Waals surface area contributed by atoms with Crippen LogP contribution in [-0.4, -0.2) is 29.0 Å². The molecule has 3 aromatic rings. The Hall–Kier alpha value is -3.74. The summed E-state index contributed by atoms with van der Waals surface area (Å²) in [5, 5.41) is 6.07. The van der Waals surface area contributed by atoms with Gasteiger partial charge in [0.15, 0.2) is 0 Å². The fourth-order valence-electron chi connectivity index (χ4n) is 2.81. The van der Waals surface area contributed by atoms with Crippen LogP contribution in [0.2, 0.25) is 0 Å². The summed E-state index contributed by atoms with van der Waals surface area (Å²) in [6, 6.07) is 18.0. The van der Waals surface area contributed by atoms with Crippen LogP contribution in [-0.2, 0) is 4.74 Å². The monoisotopic (exact) mass is 390 g/mol. The average molecular weight is 390 g/mol. The van der Waals surface area contributed by atoms with Crippen molar-refractivity contribution in [1.82, 2.24) is 9.97 Å². The number of hydrogen-bond acceptors (Lipinski definition) is 6. The standard InChI is InChI=1S/C22H22N4O3/c1-14(16-7-5-4-6-8-16)23-20-13-19(24-15(2)25-20)21(27)26-18-11-9-17(10-12-18)22(28)29-3/h4-14H,1-3H3,(H,26,27)(H,23,24,25). The minimum atomic E-state index is -0.433. The van der Waals surface area contributed by atoms with Gasteiger partial charge in [0.1, 0.15) is 17.3 Å². The third-order valence-electron chi connectivity index (χ3n) is 4.30. The van der Waals surface area contributed by atoms with E-state index < -0.39 is 5.97 Å². The molecule has 7 nitrogen and oxygen atoms in total. The molecule has 148 valence electrons. The van der Waals surface area contributed by atoms with Crippen LogP contribution in [0.1, 0.15) is 45.2 Å². The number of aromatic nitrogens is 2. The van der Waals surface area contributed by atoms with E-state index in [1.54, 1.807) is 37.3 Å². The maximum Gasteiger partial charge on any atom is 0.337 e. The van der Waals surface area contributed by atoms with Gasteiger partial charge in [-0.1, -0.05) is 30.3 Å². The third-order valence-corrected chi connectivity index (χ3v) is 4.30. The number of rotatable bonds is 6. The number of hydrogen-bond donors (Lipinski definition) is 2. The van der Waals surface area contributed by atoms with E-state index in [2.05, 4.69) is 25.3 Å². The number of benzene rings is 2. The summed E-state index contributed by atoms with van der Waals surface area (Å²) < 4.78 is 4.67. The minimum Gasteiger partial charge on any atom is -0.465 e. The highest BCUT2D eigenvalue weighted by Crippen LogP contribution is 2.19. The summed E-state index contributed by atoms with van der Waals surface area (Å²) in [6.45, 7) is 3.76. The van der Waals surface area contributed by atoms with Gasteiger partial charge in [-0.25, -0.2) is 14.8 Å². The third kappa shape index (κ3) is 5.16. The van der Waals surface area contributed by atoms with Crippen molar-refractivity contribution in [3.8, 4) is 0 Å². The Morgan fingerprint density at radius 1 is 1.00 bits per heavy atom. The van der Waals surface area contributed by atoms with Crippen molar-refractivity contribution in [2.75, 3.05) is 17.7 Å². The minimum absolute atomic E-state index is 0.0206. The second kappa shape index (κ2) is 8.97. The fourth-order valence-corrected chi connectivity index (χ4v) is 2.81. The molecule has 0 aliphatic heterocycles. The van der Waals surface area contributed by atoms with Gasteiger partial charge in [0.05, 0.1) is 12.7 Å². The molecule has 2 N–H and O–H groups in total. The first-order valence-electron chi connectivity index (χ1n) is 9.13. The van der Waals surface area contributed by atoms with E-state index in [1.807, 2.05) is 37.3 Å². The Balaban J connectivity index is 1.73. The summed E-state index contributed by atoms with van der Waals surface area (Å²) >= 11 is 0. The van der Waals surface area contributed by atoms with E-state index in [0.717, 1.165) is 5.56 Å². The number of esters is 1. The number of aryl methyl sites for hydroxylation is 1. The van der Waals surface area contributed by atoms with Crippen LogP contribution in [0.3, 0.4) is 0 Å². The van der Waals surface area contributed by atoms with E-state index in [9.17, 15) is 9.59 Å². The molecule has 0 bridgehead atoms. The van der Waals surface area contributed by atoms with Gasteiger partial charge in [-0.2, -0.15) is 0 Å². The number of carbonyl (C=O) groups is 2. The van der Waals surface area contributed by atoms with Gasteiger partial charge in [-0.05, 0) is 43.7 Å². The van der Waals surface area contributed by atoms with Gasteiger partial charge < -0.3 is 15.4 Å². The average Bonchev–Trinajstić information content (AvgIpc) is 2.74. The van der Waals surface area contributed by atoms with E-state index in [4.69, 9.17) is 0 Å². The van der Waals surface area contributed by atoms with Crippen molar-refractivity contribution >= 4 is 23.4 Å². The van der Waals surface area contributed by atoms with E-state index >= 15 is 0 Å². The van der Waals surface area contributed by atoms with Crippen molar-refractivity contribution in [2.24, 2.45) is 0 Å². The predicted octanol–water partition coefficient (Wildman–Crippen LogP) is 4.00. The Kier molecular flexibility index (Phi) is 6.19. The molecule has 0 aliphatic carbocycles. The highest BCUT2D eigenvalue weighted by Gasteiger charge is 2.13. The van der Waals surface area contributed by atoms with Crippen LogP contribution in [0, 0.1) is 6.92 Å². The van der Waals surface area contributed by atoms with Gasteiger partial charge in [0.2, 0.25) is 0 Å². The highest BCUT2D eigenvalue weighted by atomic mass is 16.5. The number of anilines is 2. The van der Waals surface area contributed by atoms with Crippen molar-refractivity contribution in [1.29, 1.82) is 0 Å². The van der Waals surface area contributed by atoms with Crippen molar-refractivity contribution < 1.29 is 14.3 Å². The molecule has 0 saturated carbocycles. The topological polar surface area (TPSA) is 93.2 Å². The molecule has 0 spiro atoms. The maximum absolute atomic E-state index is 12.6. The molecule has 7 heteroatoms. The van der Waals surface area contributed by atoms with Crippen molar-refractivity contribution in [3.63, 3.8) is 0 Å². The summed E-state index contributed by atoms with van der Waals surface area (Å²) in [7, 11) is 1.32. The fraction of sp³-hybridized carbons (Fsp3) is 0.182. The Morgan fingerprint density at radius 2 is 1.69 bits per heavy atom. The zero-order valence-corrected chi connectivity index (χ0v) is 16.5. The number of ether oxygens (including phenoxy) is 1. The first-order chi connectivity index (χ1) is 14.0. The lowest BCUT2D eigenvalue weighted by molar-refractivity contribution is 0.0600. The van der Waals surface area contributed by atoms with Gasteiger partial charge >= 0.3 is 5.97 Å². The summed E-state index contributed by atoms with van der Waals surface area (Å²) in [5.41, 5.74) is 2.31. The molecule has 1 aromatic heterocycles. The van der Waals surface area contributed by atoms with Gasteiger partial charge in [-0.15, -0.1) is 0 Å². The van der Waals surface area contributed by atoms with Gasteiger partial charge in [-0.3, -0.25) is 4.79 Å². The molecular formula is C22H22N4O3. The summed E-state index contributed by atoms with van der Waals surface area (Å²) in [4.78, 5) is 32.7. The van der Waals surface area contributed by atoms with E-state index in [1.165, 1.54) is 7.11 Å². The Bertz CT molecular complexity index is 1000. The summed E-state index contributed by atoms with van der Waals surface area (Å²) in [6.07, 6.45) is 0. The quantitative estimate of drug-likeness (QED) is 0.618. The number of methoxy groups -OCH3 is 1. The molecule has 0 aliphatic rings. The molecule has 1 atom stereocenters. The summed E-state index contributed by atoms with van der Waals surface area (Å²) in [5.74, 6) is 0.260. The van der Waals surface area contributed by atoms with Gasteiger partial charge in [0.25, 0.3) is 5.91 Å². The SMILES string of the molecule is COC(=O)c1ccc(NC(=O)c2cc(NC(C)c3ccccc3)nc(C)n2)cc1. The maximum atomic E-state index is 12.6.